The van der Waals surface area contributed by atoms with Crippen LogP contribution >= 0.6 is 24.8 Å². The molecule has 198 valence electrons. The number of nitrogens with one attached hydrogen (secondary N) is 3. The first-order valence-electron chi connectivity index (χ1n) is 12.7. The third-order valence-electron chi connectivity index (χ3n) is 7.73. The van der Waals surface area contributed by atoms with Crippen molar-refractivity contribution >= 4 is 58.3 Å². The number of fused-ring (bicyclic) bond motifs is 2. The zero-order valence-electron chi connectivity index (χ0n) is 21.3. The van der Waals surface area contributed by atoms with E-state index in [2.05, 4.69) is 43.3 Å². The molecule has 1 amide bonds. The monoisotopic (exact) mass is 543 g/mol. The number of likely N-dealkylation sites (tertiary alicyclic amines) is 1. The van der Waals surface area contributed by atoms with Crippen LogP contribution in [0.2, 0.25) is 0 Å². The first-order valence-corrected chi connectivity index (χ1v) is 12.7. The molecule has 2 saturated heterocycles. The number of pyridine rings is 1. The van der Waals surface area contributed by atoms with E-state index in [0.717, 1.165) is 72.9 Å². The molecule has 6 rings (SSSR count). The van der Waals surface area contributed by atoms with Crippen molar-refractivity contribution in [2.45, 2.75) is 45.2 Å². The number of anilines is 1. The van der Waals surface area contributed by atoms with E-state index in [4.69, 9.17) is 5.10 Å². The topological polar surface area (TPSA) is 90.9 Å². The summed E-state index contributed by atoms with van der Waals surface area (Å²) in [5.74, 6) is 1.00. The Bertz CT molecular complexity index is 1390. The highest BCUT2D eigenvalue weighted by molar-refractivity contribution is 6.06. The van der Waals surface area contributed by atoms with Crippen LogP contribution in [0.3, 0.4) is 0 Å². The number of piperidine rings is 1. The van der Waals surface area contributed by atoms with Crippen LogP contribution in [0.4, 0.5) is 5.82 Å². The molecule has 0 radical (unpaired) electrons. The van der Waals surface area contributed by atoms with Crippen LogP contribution in [-0.4, -0.2) is 57.2 Å². The lowest BCUT2D eigenvalue weighted by molar-refractivity contribution is 0.102. The minimum atomic E-state index is -0.159. The number of aromatic nitrogens is 4. The van der Waals surface area contributed by atoms with Gasteiger partial charge >= 0.3 is 0 Å². The quantitative estimate of drug-likeness (QED) is 0.326. The third-order valence-corrected chi connectivity index (χ3v) is 7.73. The molecule has 3 N–H and O–H groups in total. The average Bonchev–Trinajstić information content (AvgIpc) is 3.56. The fourth-order valence-corrected chi connectivity index (χ4v) is 5.72. The van der Waals surface area contributed by atoms with Crippen molar-refractivity contribution in [3.63, 3.8) is 0 Å². The third kappa shape index (κ3) is 5.48. The lowest BCUT2D eigenvalue weighted by Crippen LogP contribution is -2.30. The molecule has 1 aromatic carbocycles. The number of H-pyrrole nitrogens is 1. The summed E-state index contributed by atoms with van der Waals surface area (Å²) in [7, 11) is 2.17. The second-order valence-corrected chi connectivity index (χ2v) is 10.2. The van der Waals surface area contributed by atoms with Gasteiger partial charge in [0.2, 0.25) is 0 Å². The average molecular weight is 545 g/mol. The lowest BCUT2D eigenvalue weighted by atomic mass is 9.98. The smallest absolute Gasteiger partial charge is 0.256 e. The molecule has 5 heterocycles. The Morgan fingerprint density at radius 1 is 1.14 bits per heavy atom. The van der Waals surface area contributed by atoms with Crippen LogP contribution in [0.1, 0.15) is 53.5 Å². The standard InChI is InChI=1S/C27H33N7O.2ClH/c1-17-21-6-5-19(13-25(21)34(32-17)16-18-7-9-28-10-8-18)27(35)31-26-14-22-20(15-29-26)12-23(30-22)24-4-3-11-33(24)2;;/h5-6,12-15,18,24,28,30H,3-4,7-11,16H2,1-2H3,(H,29,31,35);2*1H/t24-;;/m1../s1. The van der Waals surface area contributed by atoms with Crippen molar-refractivity contribution in [2.75, 3.05) is 32.0 Å². The predicted octanol–water partition coefficient (Wildman–Crippen LogP) is 5.08. The van der Waals surface area contributed by atoms with Crippen LogP contribution in [0, 0.1) is 12.8 Å². The number of nitrogens with zero attached hydrogens (tertiary/aromatic N) is 4. The van der Waals surface area contributed by atoms with Crippen LogP contribution in [0.25, 0.3) is 21.8 Å². The van der Waals surface area contributed by atoms with Gasteiger partial charge in [-0.15, -0.1) is 24.8 Å². The van der Waals surface area contributed by atoms with Gasteiger partial charge in [-0.1, -0.05) is 6.07 Å². The molecule has 4 aromatic rings. The highest BCUT2D eigenvalue weighted by Gasteiger charge is 2.24. The Morgan fingerprint density at radius 3 is 2.70 bits per heavy atom. The predicted molar refractivity (Wildman–Crippen MR) is 153 cm³/mol. The molecular formula is C27H35Cl2N7O. The van der Waals surface area contributed by atoms with Crippen molar-refractivity contribution in [2.24, 2.45) is 5.92 Å². The molecule has 10 heteroatoms. The number of hydrogen-bond acceptors (Lipinski definition) is 5. The van der Waals surface area contributed by atoms with Gasteiger partial charge in [0, 0.05) is 46.9 Å². The van der Waals surface area contributed by atoms with Crippen molar-refractivity contribution in [3.8, 4) is 0 Å². The van der Waals surface area contributed by atoms with Gasteiger partial charge in [-0.2, -0.15) is 5.10 Å². The first kappa shape index (κ1) is 27.4. The Labute approximate surface area is 229 Å². The molecule has 0 spiro atoms. The van der Waals surface area contributed by atoms with Crippen LogP contribution in [0.5, 0.6) is 0 Å². The van der Waals surface area contributed by atoms with E-state index in [1.54, 1.807) is 0 Å². The van der Waals surface area contributed by atoms with Gasteiger partial charge in [0.15, 0.2) is 0 Å². The number of aromatic amines is 1. The zero-order chi connectivity index (χ0) is 23.9. The van der Waals surface area contributed by atoms with E-state index in [1.165, 1.54) is 12.1 Å². The fourth-order valence-electron chi connectivity index (χ4n) is 5.72. The summed E-state index contributed by atoms with van der Waals surface area (Å²) < 4.78 is 2.09. The van der Waals surface area contributed by atoms with E-state index < -0.39 is 0 Å². The molecule has 37 heavy (non-hydrogen) atoms. The minimum Gasteiger partial charge on any atom is -0.357 e. The van der Waals surface area contributed by atoms with Gasteiger partial charge in [-0.25, -0.2) is 4.98 Å². The molecule has 1 atom stereocenters. The fraction of sp³-hybridized carbons (Fsp3) is 0.444. The minimum absolute atomic E-state index is 0. The molecule has 3 aromatic heterocycles. The normalized spacial score (nSPS) is 18.6. The molecule has 0 aliphatic carbocycles. The van der Waals surface area contributed by atoms with Crippen LogP contribution in [-0.2, 0) is 6.54 Å². The summed E-state index contributed by atoms with van der Waals surface area (Å²) >= 11 is 0. The summed E-state index contributed by atoms with van der Waals surface area (Å²) in [6.07, 6.45) is 6.53. The molecule has 2 aliphatic rings. The number of halogens is 2. The number of carbonyl (C=O) groups is 1. The number of benzene rings is 1. The Hall–Kier alpha value is -2.65. The number of carbonyl (C=O) groups excluding carboxylic acids is 1. The summed E-state index contributed by atoms with van der Waals surface area (Å²) in [4.78, 5) is 23.6. The number of aryl methyl sites for hydroxylation is 1. The molecule has 2 fully saturated rings. The number of rotatable bonds is 5. The molecule has 2 aliphatic heterocycles. The number of hydrogen-bond donors (Lipinski definition) is 3. The van der Waals surface area contributed by atoms with Gasteiger partial charge in [0.05, 0.1) is 16.7 Å². The van der Waals surface area contributed by atoms with Crippen molar-refractivity contribution in [1.82, 2.24) is 30.0 Å². The van der Waals surface area contributed by atoms with Gasteiger partial charge in [0.1, 0.15) is 5.82 Å². The number of amides is 1. The van der Waals surface area contributed by atoms with Crippen molar-refractivity contribution in [3.05, 3.63) is 53.5 Å². The molecular weight excluding hydrogens is 509 g/mol. The summed E-state index contributed by atoms with van der Waals surface area (Å²) in [6, 6.07) is 10.4. The zero-order valence-corrected chi connectivity index (χ0v) is 22.9. The van der Waals surface area contributed by atoms with Gasteiger partial charge in [-0.3, -0.25) is 14.4 Å². The summed E-state index contributed by atoms with van der Waals surface area (Å²) in [5.41, 5.74) is 4.85. The Kier molecular flexibility index (Phi) is 8.43. The molecule has 8 nitrogen and oxygen atoms in total. The van der Waals surface area contributed by atoms with Crippen molar-refractivity contribution < 1.29 is 4.79 Å². The van der Waals surface area contributed by atoms with E-state index >= 15 is 0 Å². The highest BCUT2D eigenvalue weighted by atomic mass is 35.5. The van der Waals surface area contributed by atoms with E-state index in [9.17, 15) is 4.79 Å². The maximum atomic E-state index is 13.2. The maximum absolute atomic E-state index is 13.2. The van der Waals surface area contributed by atoms with Gasteiger partial charge in [-0.05, 0) is 83.4 Å². The second-order valence-electron chi connectivity index (χ2n) is 10.2. The highest BCUT2D eigenvalue weighted by Crippen LogP contribution is 2.32. The second kappa shape index (κ2) is 11.4. The summed E-state index contributed by atoms with van der Waals surface area (Å²) in [6.45, 7) is 6.18. The Balaban J connectivity index is 0.00000160. The molecule has 0 unspecified atom stereocenters. The van der Waals surface area contributed by atoms with E-state index in [1.807, 2.05) is 37.4 Å². The van der Waals surface area contributed by atoms with Gasteiger partial charge < -0.3 is 15.6 Å². The molecule has 0 bridgehead atoms. The molecule has 0 saturated carbocycles. The van der Waals surface area contributed by atoms with Gasteiger partial charge in [0.25, 0.3) is 5.91 Å². The van der Waals surface area contributed by atoms with Crippen molar-refractivity contribution in [1.29, 1.82) is 0 Å². The van der Waals surface area contributed by atoms with E-state index in [-0.39, 0.29) is 30.7 Å². The SMILES string of the molecule is Cc1nn(CC2CCNCC2)c2cc(C(=O)Nc3cc4[nH]c([C@H]5CCCN5C)cc4cn3)ccc12.Cl.Cl. The summed E-state index contributed by atoms with van der Waals surface area (Å²) in [5, 5.41) is 13.4. The van der Waals surface area contributed by atoms with Crippen LogP contribution in [0.15, 0.2) is 36.5 Å². The lowest BCUT2D eigenvalue weighted by Gasteiger charge is -2.22. The first-order chi connectivity index (χ1) is 17.0. The van der Waals surface area contributed by atoms with Crippen LogP contribution < -0.4 is 10.6 Å². The maximum Gasteiger partial charge on any atom is 0.256 e. The Morgan fingerprint density at radius 2 is 1.95 bits per heavy atom. The largest absolute Gasteiger partial charge is 0.357 e. The van der Waals surface area contributed by atoms with E-state index in [0.29, 0.717) is 23.3 Å².